The fraction of sp³-hybridized carbons (Fsp3) is 0.423. The number of pyridine rings is 1. The molecule has 1 N–H and O–H groups in total. The Hall–Kier alpha value is -2.63. The van der Waals surface area contributed by atoms with Gasteiger partial charge in [0.2, 0.25) is 0 Å². The third-order valence-corrected chi connectivity index (χ3v) is 5.60. The molecule has 2 unspecified atom stereocenters. The molecule has 1 saturated heterocycles. The molecular formula is C26H32N2O3. The van der Waals surface area contributed by atoms with Gasteiger partial charge in [0.15, 0.2) is 6.29 Å². The van der Waals surface area contributed by atoms with Gasteiger partial charge in [0, 0.05) is 29.8 Å². The fourth-order valence-electron chi connectivity index (χ4n) is 3.79. The second kappa shape index (κ2) is 10.6. The van der Waals surface area contributed by atoms with Crippen molar-refractivity contribution in [2.24, 2.45) is 0 Å². The molecule has 1 fully saturated rings. The van der Waals surface area contributed by atoms with Crippen LogP contribution in [0.5, 0.6) is 5.75 Å². The normalized spacial score (nSPS) is 17.4. The van der Waals surface area contributed by atoms with Crippen molar-refractivity contribution in [3.8, 4) is 17.0 Å². The van der Waals surface area contributed by atoms with E-state index in [2.05, 4.69) is 55.6 Å². The lowest BCUT2D eigenvalue weighted by molar-refractivity contribution is -0.193. The average molecular weight is 421 g/mol. The molecule has 2 atom stereocenters. The minimum absolute atomic E-state index is 0.0319. The Bertz CT molecular complexity index is 968. The maximum Gasteiger partial charge on any atom is 0.158 e. The van der Waals surface area contributed by atoms with E-state index in [1.54, 1.807) is 0 Å². The number of hydrogen-bond acceptors (Lipinski definition) is 5. The van der Waals surface area contributed by atoms with Gasteiger partial charge in [-0.05, 0) is 69.0 Å². The number of aromatic nitrogens is 1. The van der Waals surface area contributed by atoms with Crippen molar-refractivity contribution in [1.29, 1.82) is 0 Å². The predicted octanol–water partition coefficient (Wildman–Crippen LogP) is 6.03. The first-order valence-electron chi connectivity index (χ1n) is 11.4. The fourth-order valence-corrected chi connectivity index (χ4v) is 3.79. The van der Waals surface area contributed by atoms with Crippen LogP contribution in [0.4, 0.5) is 5.69 Å². The SMILES string of the molecule is CCNc1ccc(-c2ccc3cc(OCC(CC)OC4CCCCO4)ccc3n2)cc1. The summed E-state index contributed by atoms with van der Waals surface area (Å²) in [7, 11) is 0. The Labute approximate surface area is 184 Å². The first kappa shape index (κ1) is 21.6. The lowest BCUT2D eigenvalue weighted by Crippen LogP contribution is -2.31. The molecule has 0 amide bonds. The minimum atomic E-state index is -0.0895. The molecule has 5 heteroatoms. The summed E-state index contributed by atoms with van der Waals surface area (Å²) in [4.78, 5) is 4.83. The van der Waals surface area contributed by atoms with Crippen molar-refractivity contribution in [3.63, 3.8) is 0 Å². The van der Waals surface area contributed by atoms with Crippen LogP contribution in [0.2, 0.25) is 0 Å². The zero-order chi connectivity index (χ0) is 21.5. The summed E-state index contributed by atoms with van der Waals surface area (Å²) in [6.45, 7) is 6.44. The molecule has 31 heavy (non-hydrogen) atoms. The number of benzene rings is 2. The van der Waals surface area contributed by atoms with Crippen LogP contribution in [-0.2, 0) is 9.47 Å². The van der Waals surface area contributed by atoms with Crippen LogP contribution in [0, 0.1) is 0 Å². The number of nitrogens with one attached hydrogen (secondary N) is 1. The summed E-state index contributed by atoms with van der Waals surface area (Å²) in [6.07, 6.45) is 4.10. The van der Waals surface area contributed by atoms with Gasteiger partial charge in [-0.25, -0.2) is 4.98 Å². The summed E-state index contributed by atoms with van der Waals surface area (Å²) in [5, 5.41) is 4.38. The molecule has 2 aromatic carbocycles. The zero-order valence-electron chi connectivity index (χ0n) is 18.5. The summed E-state index contributed by atoms with van der Waals surface area (Å²) >= 11 is 0. The van der Waals surface area contributed by atoms with Crippen LogP contribution >= 0.6 is 0 Å². The van der Waals surface area contributed by atoms with Crippen molar-refractivity contribution in [1.82, 2.24) is 4.98 Å². The second-order valence-electron chi connectivity index (χ2n) is 7.93. The van der Waals surface area contributed by atoms with Crippen LogP contribution in [0.15, 0.2) is 54.6 Å². The Balaban J connectivity index is 1.40. The van der Waals surface area contributed by atoms with Gasteiger partial charge >= 0.3 is 0 Å². The number of fused-ring (bicyclic) bond motifs is 1. The first-order valence-corrected chi connectivity index (χ1v) is 11.4. The third-order valence-electron chi connectivity index (χ3n) is 5.60. The van der Waals surface area contributed by atoms with E-state index >= 15 is 0 Å². The van der Waals surface area contributed by atoms with Crippen molar-refractivity contribution < 1.29 is 14.2 Å². The molecule has 5 nitrogen and oxygen atoms in total. The van der Waals surface area contributed by atoms with Crippen molar-refractivity contribution in [2.45, 2.75) is 51.9 Å². The van der Waals surface area contributed by atoms with Gasteiger partial charge in [-0.1, -0.05) is 25.1 Å². The van der Waals surface area contributed by atoms with Crippen molar-refractivity contribution in [3.05, 3.63) is 54.6 Å². The lowest BCUT2D eigenvalue weighted by Gasteiger charge is -2.27. The van der Waals surface area contributed by atoms with E-state index in [1.807, 2.05) is 18.2 Å². The summed E-state index contributed by atoms with van der Waals surface area (Å²) in [6, 6.07) is 18.6. The van der Waals surface area contributed by atoms with Crippen molar-refractivity contribution >= 4 is 16.6 Å². The van der Waals surface area contributed by atoms with Crippen LogP contribution < -0.4 is 10.1 Å². The van der Waals surface area contributed by atoms with Gasteiger partial charge in [0.25, 0.3) is 0 Å². The molecule has 0 saturated carbocycles. The quantitative estimate of drug-likeness (QED) is 0.458. The number of anilines is 1. The van der Waals surface area contributed by atoms with E-state index in [9.17, 15) is 0 Å². The molecule has 0 radical (unpaired) electrons. The van der Waals surface area contributed by atoms with Crippen molar-refractivity contribution in [2.75, 3.05) is 25.1 Å². The molecule has 4 rings (SSSR count). The molecule has 3 aromatic rings. The number of nitrogens with zero attached hydrogens (tertiary/aromatic N) is 1. The summed E-state index contributed by atoms with van der Waals surface area (Å²) < 4.78 is 17.8. The van der Waals surface area contributed by atoms with Gasteiger partial charge in [0.1, 0.15) is 12.4 Å². The zero-order valence-corrected chi connectivity index (χ0v) is 18.5. The van der Waals surface area contributed by atoms with Crippen LogP contribution in [0.1, 0.15) is 39.5 Å². The first-order chi connectivity index (χ1) is 15.2. The predicted molar refractivity (Wildman–Crippen MR) is 126 cm³/mol. The standard InChI is InChI=1S/C26H32N2O3/c1-3-22(31-26-7-5-6-16-29-26)18-30-23-13-15-25-20(17-23)10-14-24(28-25)19-8-11-21(12-9-19)27-4-2/h8-15,17,22,26-27H,3-7,16,18H2,1-2H3. The molecule has 2 heterocycles. The van der Waals surface area contributed by atoms with E-state index < -0.39 is 0 Å². The smallest absolute Gasteiger partial charge is 0.158 e. The summed E-state index contributed by atoms with van der Waals surface area (Å²) in [5.74, 6) is 0.837. The van der Waals surface area contributed by atoms with Gasteiger partial charge in [0.05, 0.1) is 17.3 Å². The molecule has 164 valence electrons. The highest BCUT2D eigenvalue weighted by atomic mass is 16.7. The highest BCUT2D eigenvalue weighted by molar-refractivity contribution is 5.83. The Morgan fingerprint density at radius 2 is 1.94 bits per heavy atom. The average Bonchev–Trinajstić information content (AvgIpc) is 2.82. The Morgan fingerprint density at radius 1 is 1.06 bits per heavy atom. The third kappa shape index (κ3) is 5.75. The Morgan fingerprint density at radius 3 is 2.68 bits per heavy atom. The van der Waals surface area contributed by atoms with E-state index in [4.69, 9.17) is 19.2 Å². The lowest BCUT2D eigenvalue weighted by atomic mass is 10.1. The molecule has 0 spiro atoms. The Kier molecular flexibility index (Phi) is 7.39. The van der Waals surface area contributed by atoms with E-state index in [-0.39, 0.29) is 12.4 Å². The largest absolute Gasteiger partial charge is 0.491 e. The molecule has 1 aliphatic heterocycles. The minimum Gasteiger partial charge on any atom is -0.491 e. The topological polar surface area (TPSA) is 52.6 Å². The molecule has 0 aliphatic carbocycles. The van der Waals surface area contributed by atoms with Gasteiger partial charge in [-0.2, -0.15) is 0 Å². The second-order valence-corrected chi connectivity index (χ2v) is 7.93. The van der Waals surface area contributed by atoms with Crippen LogP contribution in [0.3, 0.4) is 0 Å². The molecule has 1 aliphatic rings. The van der Waals surface area contributed by atoms with Gasteiger partial charge < -0.3 is 19.5 Å². The van der Waals surface area contributed by atoms with Gasteiger partial charge in [-0.3, -0.25) is 0 Å². The maximum absolute atomic E-state index is 6.07. The van der Waals surface area contributed by atoms with E-state index in [0.29, 0.717) is 6.61 Å². The number of ether oxygens (including phenoxy) is 3. The summed E-state index contributed by atoms with van der Waals surface area (Å²) in [5.41, 5.74) is 4.16. The number of rotatable bonds is 9. The van der Waals surface area contributed by atoms with E-state index in [0.717, 1.165) is 66.0 Å². The van der Waals surface area contributed by atoms with Crippen LogP contribution in [0.25, 0.3) is 22.2 Å². The molecule has 1 aromatic heterocycles. The maximum atomic E-state index is 6.07. The highest BCUT2D eigenvalue weighted by Crippen LogP contribution is 2.25. The number of hydrogen-bond donors (Lipinski definition) is 1. The van der Waals surface area contributed by atoms with Gasteiger partial charge in [-0.15, -0.1) is 0 Å². The van der Waals surface area contributed by atoms with E-state index in [1.165, 1.54) is 6.42 Å². The van der Waals surface area contributed by atoms with Crippen LogP contribution in [-0.4, -0.2) is 37.1 Å². The monoisotopic (exact) mass is 420 g/mol. The molecular weight excluding hydrogens is 388 g/mol. The highest BCUT2D eigenvalue weighted by Gasteiger charge is 2.19. The molecule has 0 bridgehead atoms.